The van der Waals surface area contributed by atoms with E-state index in [4.69, 9.17) is 11.6 Å². The molecule has 2 rings (SSSR count). The van der Waals surface area contributed by atoms with E-state index in [0.717, 1.165) is 22.4 Å². The summed E-state index contributed by atoms with van der Waals surface area (Å²) in [6, 6.07) is 7.44. The van der Waals surface area contributed by atoms with Crippen molar-refractivity contribution in [2.45, 2.75) is 31.6 Å². The summed E-state index contributed by atoms with van der Waals surface area (Å²) in [6.07, 6.45) is 1.39. The van der Waals surface area contributed by atoms with Crippen molar-refractivity contribution < 1.29 is 46.3 Å². The maximum atomic E-state index is 12.7. The normalized spacial score (nSPS) is 18.5. The fraction of sp³-hybridized carbons (Fsp3) is 0.400. The first kappa shape index (κ1) is 18.7. The first-order valence-electron chi connectivity index (χ1n) is 6.47. The summed E-state index contributed by atoms with van der Waals surface area (Å²) in [7, 11) is 0. The first-order valence-corrected chi connectivity index (χ1v) is 6.91. The molecule has 21 heavy (non-hydrogen) atoms. The summed E-state index contributed by atoms with van der Waals surface area (Å²) < 4.78 is 25.4. The second-order valence-electron chi connectivity index (χ2n) is 4.55. The molecule has 1 amide bonds. The molecule has 0 N–H and O–H groups in total. The van der Waals surface area contributed by atoms with Gasteiger partial charge in [-0.15, -0.1) is 34.5 Å². The Morgan fingerprint density at radius 1 is 1.43 bits per heavy atom. The van der Waals surface area contributed by atoms with E-state index in [1.807, 2.05) is 31.2 Å². The minimum Gasteiger partial charge on any atom is -0.340 e. The van der Waals surface area contributed by atoms with E-state index in [1.165, 1.54) is 0 Å². The summed E-state index contributed by atoms with van der Waals surface area (Å²) in [4.78, 5) is 13.1. The number of benzene rings is 1. The van der Waals surface area contributed by atoms with Crippen LogP contribution in [0.2, 0.25) is 0 Å². The number of amides is 1. The van der Waals surface area contributed by atoms with E-state index in [-0.39, 0.29) is 39.1 Å². The minimum atomic E-state index is -2.61. The van der Waals surface area contributed by atoms with Gasteiger partial charge < -0.3 is 4.90 Å². The number of rotatable bonds is 4. The quantitative estimate of drug-likeness (QED) is 0.572. The standard InChI is InChI=1S/C15H15ClF2NO.Y/c1-2-10-5-3-4-6-11(10)13-8-7-12(16)15(20)19(13)9-14(17)18;/h3-6,12,14H,2,7,9H2,1H3;/q-1;. The molecule has 1 aliphatic rings. The Hall–Kier alpha value is -0.316. The van der Waals surface area contributed by atoms with Crippen LogP contribution >= 0.6 is 11.6 Å². The van der Waals surface area contributed by atoms with Gasteiger partial charge in [-0.25, -0.2) is 14.9 Å². The Morgan fingerprint density at radius 2 is 2.10 bits per heavy atom. The zero-order chi connectivity index (χ0) is 14.7. The molecule has 6 heteroatoms. The predicted octanol–water partition coefficient (Wildman–Crippen LogP) is 3.50. The van der Waals surface area contributed by atoms with Crippen LogP contribution in [0, 0.1) is 6.08 Å². The molecule has 0 saturated carbocycles. The number of allylic oxidation sites excluding steroid dienone is 1. The second-order valence-corrected chi connectivity index (χ2v) is 5.07. The molecule has 0 aromatic heterocycles. The molecular weight excluding hydrogens is 373 g/mol. The maximum absolute atomic E-state index is 12.7. The number of halogens is 3. The zero-order valence-corrected chi connectivity index (χ0v) is 15.2. The Kier molecular flexibility index (Phi) is 7.45. The van der Waals surface area contributed by atoms with Gasteiger partial charge in [0.15, 0.2) is 0 Å². The van der Waals surface area contributed by atoms with Crippen LogP contribution in [0.25, 0.3) is 5.70 Å². The van der Waals surface area contributed by atoms with Gasteiger partial charge in [0.2, 0.25) is 5.91 Å². The Labute approximate surface area is 153 Å². The van der Waals surface area contributed by atoms with Gasteiger partial charge in [-0.05, 0) is 6.42 Å². The maximum Gasteiger partial charge on any atom is 0.256 e. The van der Waals surface area contributed by atoms with E-state index < -0.39 is 24.3 Å². The number of aryl methyl sites for hydroxylation is 1. The molecule has 1 heterocycles. The van der Waals surface area contributed by atoms with Gasteiger partial charge in [0.05, 0.1) is 6.54 Å². The molecule has 1 radical (unpaired) electrons. The van der Waals surface area contributed by atoms with Crippen molar-refractivity contribution in [3.05, 3.63) is 41.5 Å². The topological polar surface area (TPSA) is 20.3 Å². The molecule has 1 aromatic carbocycles. The molecule has 0 fully saturated rings. The van der Waals surface area contributed by atoms with Crippen LogP contribution in [-0.4, -0.2) is 29.2 Å². The molecule has 0 bridgehead atoms. The third-order valence-corrected chi connectivity index (χ3v) is 3.57. The van der Waals surface area contributed by atoms with E-state index >= 15 is 0 Å². The van der Waals surface area contributed by atoms with Gasteiger partial charge in [-0.1, -0.05) is 31.5 Å². The van der Waals surface area contributed by atoms with E-state index in [0.29, 0.717) is 5.70 Å². The first-order chi connectivity index (χ1) is 9.54. The second kappa shape index (κ2) is 8.35. The Bertz CT molecular complexity index is 536. The molecule has 0 saturated heterocycles. The minimum absolute atomic E-state index is 0. The molecule has 1 unspecified atom stereocenters. The summed E-state index contributed by atoms with van der Waals surface area (Å²) in [5.74, 6) is -0.480. The van der Waals surface area contributed by atoms with Gasteiger partial charge in [0.1, 0.15) is 5.38 Å². The number of carbonyl (C=O) groups is 1. The smallest absolute Gasteiger partial charge is 0.256 e. The van der Waals surface area contributed by atoms with Crippen LogP contribution in [0.15, 0.2) is 24.3 Å². The molecule has 2 nitrogen and oxygen atoms in total. The number of nitrogens with zero attached hydrogens (tertiary/aromatic N) is 1. The largest absolute Gasteiger partial charge is 0.340 e. The van der Waals surface area contributed by atoms with E-state index in [9.17, 15) is 13.6 Å². The van der Waals surface area contributed by atoms with Crippen LogP contribution in [0.3, 0.4) is 0 Å². The average Bonchev–Trinajstić information content (AvgIpc) is 2.44. The molecular formula is C15H15ClF2NOY-. The predicted molar refractivity (Wildman–Crippen MR) is 74.4 cm³/mol. The SMILES string of the molecule is CCc1ccccc1C1=[C-]CC(Cl)C(=O)N1CC(F)F.[Y]. The van der Waals surface area contributed by atoms with E-state index in [2.05, 4.69) is 6.08 Å². The Balaban J connectivity index is 0.00000220. The summed E-state index contributed by atoms with van der Waals surface area (Å²) >= 11 is 5.86. The van der Waals surface area contributed by atoms with Crippen molar-refractivity contribution in [2.24, 2.45) is 0 Å². The van der Waals surface area contributed by atoms with Crippen molar-refractivity contribution in [2.75, 3.05) is 6.54 Å². The third-order valence-electron chi connectivity index (χ3n) is 3.23. The third kappa shape index (κ3) is 4.33. The average molecular weight is 388 g/mol. The van der Waals surface area contributed by atoms with Gasteiger partial charge in [-0.3, -0.25) is 4.79 Å². The van der Waals surface area contributed by atoms with Gasteiger partial charge in [0.25, 0.3) is 6.43 Å². The van der Waals surface area contributed by atoms with Crippen molar-refractivity contribution in [1.82, 2.24) is 4.90 Å². The van der Waals surface area contributed by atoms with Crippen LogP contribution in [0.4, 0.5) is 8.78 Å². The molecule has 1 atom stereocenters. The van der Waals surface area contributed by atoms with Crippen molar-refractivity contribution >= 4 is 23.2 Å². The fourth-order valence-corrected chi connectivity index (χ4v) is 2.46. The van der Waals surface area contributed by atoms with Crippen LogP contribution in [-0.2, 0) is 43.9 Å². The van der Waals surface area contributed by atoms with Crippen LogP contribution < -0.4 is 0 Å². The van der Waals surface area contributed by atoms with Gasteiger partial charge >= 0.3 is 0 Å². The summed E-state index contributed by atoms with van der Waals surface area (Å²) in [5.41, 5.74) is 2.19. The summed E-state index contributed by atoms with van der Waals surface area (Å²) in [5, 5.41) is -0.814. The summed E-state index contributed by atoms with van der Waals surface area (Å²) in [6.45, 7) is 1.33. The number of alkyl halides is 3. The monoisotopic (exact) mass is 387 g/mol. The molecule has 111 valence electrons. The number of hydrogen-bond donors (Lipinski definition) is 0. The molecule has 0 spiro atoms. The van der Waals surface area contributed by atoms with Crippen molar-refractivity contribution in [3.63, 3.8) is 0 Å². The fourth-order valence-electron chi connectivity index (χ4n) is 2.27. The van der Waals surface area contributed by atoms with Crippen LogP contribution in [0.5, 0.6) is 0 Å². The van der Waals surface area contributed by atoms with Gasteiger partial charge in [-0.2, -0.15) is 0 Å². The molecule has 1 aliphatic heterocycles. The molecule has 1 aromatic rings. The van der Waals surface area contributed by atoms with E-state index in [1.54, 1.807) is 0 Å². The van der Waals surface area contributed by atoms with Crippen molar-refractivity contribution in [3.8, 4) is 0 Å². The number of carbonyl (C=O) groups excluding carboxylic acids is 1. The van der Waals surface area contributed by atoms with Crippen LogP contribution in [0.1, 0.15) is 24.5 Å². The van der Waals surface area contributed by atoms with Gasteiger partial charge in [0, 0.05) is 32.7 Å². The van der Waals surface area contributed by atoms with Crippen molar-refractivity contribution in [1.29, 1.82) is 0 Å². The number of hydrogen-bond acceptors (Lipinski definition) is 1. The molecule has 0 aliphatic carbocycles. The Morgan fingerprint density at radius 3 is 2.71 bits per heavy atom. The zero-order valence-electron chi connectivity index (χ0n) is 11.7.